The number of carbonyl (C=O) groups is 2. The van der Waals surface area contributed by atoms with Crippen molar-refractivity contribution in [3.63, 3.8) is 0 Å². The van der Waals surface area contributed by atoms with E-state index in [1.165, 1.54) is 18.9 Å². The van der Waals surface area contributed by atoms with Crippen molar-refractivity contribution < 1.29 is 19.1 Å². The Hall–Kier alpha value is -2.51. The maximum absolute atomic E-state index is 12.2. The molecule has 0 aromatic heterocycles. The summed E-state index contributed by atoms with van der Waals surface area (Å²) < 4.78 is 9.99. The molecule has 0 saturated carbocycles. The summed E-state index contributed by atoms with van der Waals surface area (Å²) in [4.78, 5) is 24.9. The van der Waals surface area contributed by atoms with Gasteiger partial charge in [0.25, 0.3) is 0 Å². The lowest BCUT2D eigenvalue weighted by molar-refractivity contribution is -0.136. The molecule has 0 aliphatic rings. The van der Waals surface area contributed by atoms with Gasteiger partial charge in [0.2, 0.25) is 0 Å². The second-order valence-corrected chi connectivity index (χ2v) is 6.07. The normalized spacial score (nSPS) is 12.0. The first-order valence-electron chi connectivity index (χ1n) is 7.99. The molecule has 0 fully saturated rings. The van der Waals surface area contributed by atoms with E-state index in [1.54, 1.807) is 12.2 Å². The smallest absolute Gasteiger partial charge is 0.412 e. The molecular formula is C19H24N2O4S. The highest BCUT2D eigenvalue weighted by molar-refractivity contribution is 8.03. The van der Waals surface area contributed by atoms with Crippen LogP contribution < -0.4 is 11.1 Å². The van der Waals surface area contributed by atoms with Crippen molar-refractivity contribution in [2.45, 2.75) is 13.5 Å². The summed E-state index contributed by atoms with van der Waals surface area (Å²) >= 11 is 1.33. The number of rotatable bonds is 9. The van der Waals surface area contributed by atoms with Crippen LogP contribution in [0.4, 0.5) is 4.79 Å². The molecule has 0 aliphatic carbocycles. The van der Waals surface area contributed by atoms with Crippen LogP contribution in [0.25, 0.3) is 0 Å². The van der Waals surface area contributed by atoms with E-state index in [9.17, 15) is 9.59 Å². The summed E-state index contributed by atoms with van der Waals surface area (Å²) in [7, 11) is 1.24. The summed E-state index contributed by atoms with van der Waals surface area (Å²) in [5, 5.41) is 2.49. The zero-order chi connectivity index (χ0) is 19.4. The number of ether oxygens (including phenoxy) is 2. The molecule has 26 heavy (non-hydrogen) atoms. The molecule has 0 spiro atoms. The minimum Gasteiger partial charge on any atom is -0.464 e. The second-order valence-electron chi connectivity index (χ2n) is 4.97. The number of nitrogens with two attached hydrogens (primary N) is 1. The summed E-state index contributed by atoms with van der Waals surface area (Å²) in [5.74, 6) is -0.121. The van der Waals surface area contributed by atoms with Crippen molar-refractivity contribution in [3.8, 4) is 0 Å². The Bertz CT molecular complexity index is 684. The fourth-order valence-electron chi connectivity index (χ4n) is 1.97. The molecule has 6 nitrogen and oxygen atoms in total. The molecule has 1 aromatic carbocycles. The summed E-state index contributed by atoms with van der Waals surface area (Å²) in [6.07, 6.45) is 2.63. The zero-order valence-corrected chi connectivity index (χ0v) is 15.8. The minimum absolute atomic E-state index is 0.00277. The molecular weight excluding hydrogens is 352 g/mol. The first-order valence-corrected chi connectivity index (χ1v) is 8.98. The van der Waals surface area contributed by atoms with Gasteiger partial charge in [0, 0.05) is 17.2 Å². The van der Waals surface area contributed by atoms with Gasteiger partial charge in [-0.05, 0) is 18.1 Å². The number of methoxy groups -OCH3 is 1. The van der Waals surface area contributed by atoms with Gasteiger partial charge in [0.1, 0.15) is 12.3 Å². The van der Waals surface area contributed by atoms with E-state index in [0.29, 0.717) is 22.8 Å². The van der Waals surface area contributed by atoms with Crippen molar-refractivity contribution in [3.05, 3.63) is 70.8 Å². The largest absolute Gasteiger partial charge is 0.464 e. The number of nitrogens with one attached hydrogen (secondary N) is 1. The van der Waals surface area contributed by atoms with Crippen molar-refractivity contribution in [1.29, 1.82) is 0 Å². The van der Waals surface area contributed by atoms with Gasteiger partial charge in [-0.1, -0.05) is 49.1 Å². The van der Waals surface area contributed by atoms with Gasteiger partial charge in [-0.3, -0.25) is 5.32 Å². The summed E-state index contributed by atoms with van der Waals surface area (Å²) in [6.45, 7) is 6.05. The fraction of sp³-hybridized carbons (Fsp3) is 0.263. The molecule has 1 amide bonds. The topological polar surface area (TPSA) is 90.6 Å². The Kier molecular flexibility index (Phi) is 9.89. The Morgan fingerprint density at radius 2 is 2.00 bits per heavy atom. The molecule has 0 atom stereocenters. The van der Waals surface area contributed by atoms with Crippen molar-refractivity contribution in [2.24, 2.45) is 5.73 Å². The molecule has 0 aliphatic heterocycles. The number of alkyl carbamates (subject to hydrolysis) is 1. The molecule has 1 rings (SSSR count). The highest BCUT2D eigenvalue weighted by Crippen LogP contribution is 2.28. The minimum atomic E-state index is -0.750. The molecule has 0 bridgehead atoms. The van der Waals surface area contributed by atoms with Crippen LogP contribution in [-0.2, 0) is 20.9 Å². The van der Waals surface area contributed by atoms with Crippen LogP contribution >= 0.6 is 11.8 Å². The van der Waals surface area contributed by atoms with Gasteiger partial charge in [0.05, 0.1) is 7.11 Å². The van der Waals surface area contributed by atoms with Gasteiger partial charge >= 0.3 is 12.1 Å². The van der Waals surface area contributed by atoms with E-state index in [1.807, 2.05) is 37.3 Å². The van der Waals surface area contributed by atoms with E-state index >= 15 is 0 Å². The Balaban J connectivity index is 3.03. The van der Waals surface area contributed by atoms with Crippen LogP contribution in [0.3, 0.4) is 0 Å². The average Bonchev–Trinajstić information content (AvgIpc) is 2.68. The van der Waals surface area contributed by atoms with Crippen LogP contribution in [0.2, 0.25) is 0 Å². The van der Waals surface area contributed by atoms with Crippen LogP contribution in [0.1, 0.15) is 12.5 Å². The number of benzene rings is 1. The Labute approximate surface area is 158 Å². The van der Waals surface area contributed by atoms with E-state index in [2.05, 4.69) is 11.9 Å². The van der Waals surface area contributed by atoms with Gasteiger partial charge in [-0.15, -0.1) is 11.8 Å². The van der Waals surface area contributed by atoms with Gasteiger partial charge < -0.3 is 15.2 Å². The molecule has 3 N–H and O–H groups in total. The van der Waals surface area contributed by atoms with Crippen molar-refractivity contribution in [1.82, 2.24) is 5.32 Å². The quantitative estimate of drug-likeness (QED) is 0.391. The number of allylic oxidation sites excluding steroid dienone is 3. The van der Waals surface area contributed by atoms with E-state index in [-0.39, 0.29) is 12.3 Å². The predicted molar refractivity (Wildman–Crippen MR) is 104 cm³/mol. The number of carbonyl (C=O) groups excluding carboxylic acids is 2. The van der Waals surface area contributed by atoms with Crippen LogP contribution in [0, 0.1) is 0 Å². The molecule has 0 saturated heterocycles. The monoisotopic (exact) mass is 376 g/mol. The summed E-state index contributed by atoms with van der Waals surface area (Å²) in [6, 6.07) is 9.24. The second kappa shape index (κ2) is 11.9. The van der Waals surface area contributed by atoms with E-state index in [4.69, 9.17) is 15.2 Å². The third kappa shape index (κ3) is 6.78. The number of thioether (sulfide) groups is 1. The summed E-state index contributed by atoms with van der Waals surface area (Å²) in [5.41, 5.74) is 7.09. The Morgan fingerprint density at radius 1 is 1.31 bits per heavy atom. The highest BCUT2D eigenvalue weighted by Gasteiger charge is 2.21. The van der Waals surface area contributed by atoms with Crippen LogP contribution in [0.15, 0.2) is 65.2 Å². The van der Waals surface area contributed by atoms with Crippen molar-refractivity contribution in [2.75, 3.05) is 19.4 Å². The zero-order valence-electron chi connectivity index (χ0n) is 15.0. The predicted octanol–water partition coefficient (Wildman–Crippen LogP) is 3.12. The number of esters is 1. The molecule has 0 heterocycles. The molecule has 0 unspecified atom stereocenters. The Morgan fingerprint density at radius 3 is 2.54 bits per heavy atom. The highest BCUT2D eigenvalue weighted by atomic mass is 32.2. The maximum Gasteiger partial charge on any atom is 0.412 e. The maximum atomic E-state index is 12.2. The average molecular weight is 376 g/mol. The van der Waals surface area contributed by atoms with Gasteiger partial charge in [0.15, 0.2) is 0 Å². The third-order valence-electron chi connectivity index (χ3n) is 3.21. The van der Waals surface area contributed by atoms with Crippen LogP contribution in [-0.4, -0.2) is 31.5 Å². The van der Waals surface area contributed by atoms with Crippen molar-refractivity contribution >= 4 is 23.8 Å². The number of hydrogen-bond donors (Lipinski definition) is 2. The lowest BCUT2D eigenvalue weighted by Gasteiger charge is -2.15. The fourth-order valence-corrected chi connectivity index (χ4v) is 2.93. The van der Waals surface area contributed by atoms with E-state index < -0.39 is 12.1 Å². The third-order valence-corrected chi connectivity index (χ3v) is 4.38. The number of hydrogen-bond acceptors (Lipinski definition) is 6. The standard InChI is InChI=1S/C19H24N2O4S/c1-4-15(5-2)17(26-12-11-20)16(18(22)24-3)21-19(23)25-13-14-9-7-6-8-10-14/h4-10H,1,11-13,20H2,2-3H3,(H,21,23). The molecule has 7 heteroatoms. The van der Waals surface area contributed by atoms with E-state index in [0.717, 1.165) is 5.56 Å². The number of amides is 1. The SMILES string of the molecule is C=CC(=CC)C(SCCN)=C(NC(=O)OCc1ccccc1)C(=O)OC. The first-order chi connectivity index (χ1) is 12.6. The lowest BCUT2D eigenvalue weighted by Crippen LogP contribution is -2.30. The molecule has 1 aromatic rings. The van der Waals surface area contributed by atoms with Crippen LogP contribution in [0.5, 0.6) is 0 Å². The molecule has 0 radical (unpaired) electrons. The van der Waals surface area contributed by atoms with Gasteiger partial charge in [-0.2, -0.15) is 0 Å². The van der Waals surface area contributed by atoms with Gasteiger partial charge in [-0.25, -0.2) is 9.59 Å². The first kappa shape index (κ1) is 21.5. The molecule has 140 valence electrons. The lowest BCUT2D eigenvalue weighted by atomic mass is 10.2.